The van der Waals surface area contributed by atoms with Gasteiger partial charge in [-0.15, -0.1) is 0 Å². The minimum Gasteiger partial charge on any atom is -0.481 e. The van der Waals surface area contributed by atoms with E-state index < -0.39 is 39.6 Å². The van der Waals surface area contributed by atoms with Crippen molar-refractivity contribution >= 4 is 22.0 Å². The summed E-state index contributed by atoms with van der Waals surface area (Å²) in [5.74, 6) is -2.89. The zero-order valence-corrected chi connectivity index (χ0v) is 17.8. The van der Waals surface area contributed by atoms with Crippen molar-refractivity contribution in [3.63, 3.8) is 0 Å². The van der Waals surface area contributed by atoms with Crippen LogP contribution in [0.15, 0.2) is 0 Å². The Morgan fingerprint density at radius 3 is 1.79 bits per heavy atom. The van der Waals surface area contributed by atoms with E-state index in [1.165, 1.54) is 44.9 Å². The molecule has 0 heterocycles. The van der Waals surface area contributed by atoms with Crippen LogP contribution in [0.25, 0.3) is 0 Å². The molecule has 0 saturated carbocycles. The van der Waals surface area contributed by atoms with E-state index in [0.29, 0.717) is 6.61 Å². The topological polar surface area (TPSA) is 144 Å². The SMILES string of the molecule is CCCCCCCCCCCCOCCCC(CC(=O)O)(C(N)=O)S(=O)(=O)O. The summed E-state index contributed by atoms with van der Waals surface area (Å²) < 4.78 is 35.3. The second-order valence-electron chi connectivity index (χ2n) is 7.30. The smallest absolute Gasteiger partial charge is 0.305 e. The fraction of sp³-hybridized carbons (Fsp3) is 0.895. The van der Waals surface area contributed by atoms with Gasteiger partial charge in [-0.25, -0.2) is 0 Å². The van der Waals surface area contributed by atoms with Crippen LogP contribution in [0.2, 0.25) is 0 Å². The van der Waals surface area contributed by atoms with Gasteiger partial charge in [0.1, 0.15) is 0 Å². The number of carboxylic acid groups (broad SMARTS) is 1. The highest BCUT2D eigenvalue weighted by Crippen LogP contribution is 2.27. The van der Waals surface area contributed by atoms with Crippen LogP contribution in [0, 0.1) is 0 Å². The minimum atomic E-state index is -4.95. The molecule has 1 atom stereocenters. The van der Waals surface area contributed by atoms with Gasteiger partial charge >= 0.3 is 5.97 Å². The molecule has 0 rings (SSSR count). The Balaban J connectivity index is 3.93. The largest absolute Gasteiger partial charge is 0.481 e. The third-order valence-electron chi connectivity index (χ3n) is 4.89. The molecule has 0 saturated heterocycles. The number of unbranched alkanes of at least 4 members (excludes halogenated alkanes) is 9. The van der Waals surface area contributed by atoms with Crippen molar-refractivity contribution in [1.82, 2.24) is 0 Å². The monoisotopic (exact) mass is 423 g/mol. The van der Waals surface area contributed by atoms with Gasteiger partial charge in [-0.3, -0.25) is 14.1 Å². The number of rotatable bonds is 19. The molecule has 0 aliphatic rings. The number of carbonyl (C=O) groups is 2. The highest BCUT2D eigenvalue weighted by atomic mass is 32.2. The van der Waals surface area contributed by atoms with E-state index >= 15 is 0 Å². The lowest BCUT2D eigenvalue weighted by atomic mass is 9.97. The Hall–Kier alpha value is -1.19. The molecule has 0 aromatic carbocycles. The Morgan fingerprint density at radius 1 is 0.893 bits per heavy atom. The number of aliphatic carboxylic acids is 1. The number of primary amides is 1. The Labute approximate surface area is 169 Å². The lowest BCUT2D eigenvalue weighted by Crippen LogP contribution is -2.51. The lowest BCUT2D eigenvalue weighted by molar-refractivity contribution is -0.140. The van der Waals surface area contributed by atoms with Gasteiger partial charge in [0.2, 0.25) is 5.91 Å². The number of ether oxygens (including phenoxy) is 1. The summed E-state index contributed by atoms with van der Waals surface area (Å²) in [6.45, 7) is 2.90. The fourth-order valence-corrected chi connectivity index (χ4v) is 4.11. The molecule has 28 heavy (non-hydrogen) atoms. The Morgan fingerprint density at radius 2 is 1.36 bits per heavy atom. The van der Waals surface area contributed by atoms with E-state index in [0.717, 1.165) is 19.3 Å². The fourth-order valence-electron chi connectivity index (χ4n) is 3.14. The summed E-state index contributed by atoms with van der Waals surface area (Å²) in [6.07, 6.45) is 10.7. The predicted octanol–water partition coefficient (Wildman–Crippen LogP) is 3.29. The van der Waals surface area contributed by atoms with E-state index in [4.69, 9.17) is 15.6 Å². The van der Waals surface area contributed by atoms with E-state index in [-0.39, 0.29) is 13.0 Å². The molecule has 1 amide bonds. The van der Waals surface area contributed by atoms with Crippen LogP contribution in [0.5, 0.6) is 0 Å². The maximum Gasteiger partial charge on any atom is 0.305 e. The number of hydrogen-bond donors (Lipinski definition) is 3. The average Bonchev–Trinajstić information content (AvgIpc) is 2.59. The normalized spacial score (nSPS) is 13.9. The van der Waals surface area contributed by atoms with Crippen LogP contribution in [0.1, 0.15) is 90.4 Å². The van der Waals surface area contributed by atoms with Crippen molar-refractivity contribution in [2.45, 2.75) is 95.1 Å². The summed E-state index contributed by atoms with van der Waals surface area (Å²) in [5.41, 5.74) is 5.08. The van der Waals surface area contributed by atoms with Crippen LogP contribution in [0.3, 0.4) is 0 Å². The van der Waals surface area contributed by atoms with Gasteiger partial charge in [-0.1, -0.05) is 64.7 Å². The first-order chi connectivity index (χ1) is 13.2. The summed E-state index contributed by atoms with van der Waals surface area (Å²) in [4.78, 5) is 22.4. The maximum atomic E-state index is 11.5. The first-order valence-electron chi connectivity index (χ1n) is 10.2. The molecule has 0 spiro atoms. The first-order valence-corrected chi connectivity index (χ1v) is 11.7. The molecule has 4 N–H and O–H groups in total. The van der Waals surface area contributed by atoms with Gasteiger partial charge < -0.3 is 15.6 Å². The van der Waals surface area contributed by atoms with Gasteiger partial charge in [-0.2, -0.15) is 8.42 Å². The number of amides is 1. The van der Waals surface area contributed by atoms with Crippen LogP contribution >= 0.6 is 0 Å². The molecule has 0 radical (unpaired) electrons. The van der Waals surface area contributed by atoms with Gasteiger partial charge in [0, 0.05) is 13.2 Å². The second-order valence-corrected chi connectivity index (χ2v) is 9.03. The highest BCUT2D eigenvalue weighted by molar-refractivity contribution is 7.88. The maximum absolute atomic E-state index is 11.5. The molecule has 9 heteroatoms. The van der Waals surface area contributed by atoms with Crippen LogP contribution < -0.4 is 5.73 Å². The van der Waals surface area contributed by atoms with Crippen LogP contribution in [-0.2, 0) is 24.4 Å². The van der Waals surface area contributed by atoms with Crippen molar-refractivity contribution in [1.29, 1.82) is 0 Å². The van der Waals surface area contributed by atoms with Crippen molar-refractivity contribution in [3.8, 4) is 0 Å². The molecule has 0 fully saturated rings. The molecule has 0 aromatic rings. The van der Waals surface area contributed by atoms with Gasteiger partial charge in [-0.05, 0) is 19.3 Å². The minimum absolute atomic E-state index is 0.105. The zero-order valence-electron chi connectivity index (χ0n) is 17.0. The quantitative estimate of drug-likeness (QED) is 0.213. The average molecular weight is 424 g/mol. The summed E-state index contributed by atoms with van der Waals surface area (Å²) in [6, 6.07) is 0. The molecule has 0 bridgehead atoms. The van der Waals surface area contributed by atoms with E-state index in [1.54, 1.807) is 0 Å². The van der Waals surface area contributed by atoms with Crippen molar-refractivity contribution in [3.05, 3.63) is 0 Å². The molecular formula is C19H37NO7S. The Bertz CT molecular complexity index is 550. The number of hydrogen-bond acceptors (Lipinski definition) is 5. The summed E-state index contributed by atoms with van der Waals surface area (Å²) in [5, 5.41) is 8.86. The zero-order chi connectivity index (χ0) is 21.5. The highest BCUT2D eigenvalue weighted by Gasteiger charge is 2.50. The molecule has 1 unspecified atom stereocenters. The third-order valence-corrected chi connectivity index (χ3v) is 6.43. The summed E-state index contributed by atoms with van der Waals surface area (Å²) in [7, 11) is -4.95. The molecule has 0 aliphatic heterocycles. The van der Waals surface area contributed by atoms with E-state index in [1.807, 2.05) is 0 Å². The number of carbonyl (C=O) groups excluding carboxylic acids is 1. The third kappa shape index (κ3) is 11.0. The standard InChI is InChI=1S/C19H37NO7S/c1-2-3-4-5-6-7-8-9-10-11-14-27-15-12-13-19(18(20)23,16-17(21)22)28(24,25)26/h2-16H2,1H3,(H2,20,23)(H,21,22)(H,24,25,26). The molecule has 166 valence electrons. The van der Waals surface area contributed by atoms with Gasteiger partial charge in [0.25, 0.3) is 10.1 Å². The Kier molecular flexibility index (Phi) is 14.1. The van der Waals surface area contributed by atoms with Crippen LogP contribution in [0.4, 0.5) is 0 Å². The van der Waals surface area contributed by atoms with E-state index in [9.17, 15) is 22.6 Å². The van der Waals surface area contributed by atoms with Crippen molar-refractivity contribution in [2.24, 2.45) is 5.73 Å². The number of nitrogens with two attached hydrogens (primary N) is 1. The van der Waals surface area contributed by atoms with Crippen LogP contribution in [-0.4, -0.2) is 47.9 Å². The second kappa shape index (κ2) is 14.8. The van der Waals surface area contributed by atoms with E-state index in [2.05, 4.69) is 6.92 Å². The first kappa shape index (κ1) is 26.8. The molecule has 0 aliphatic carbocycles. The molecule has 8 nitrogen and oxygen atoms in total. The van der Waals surface area contributed by atoms with Crippen molar-refractivity contribution < 1.29 is 32.4 Å². The number of carboxylic acids is 1. The summed E-state index contributed by atoms with van der Waals surface area (Å²) >= 11 is 0. The van der Waals surface area contributed by atoms with Crippen molar-refractivity contribution in [2.75, 3.05) is 13.2 Å². The lowest BCUT2D eigenvalue weighted by Gasteiger charge is -2.25. The molecule has 0 aromatic heterocycles. The van der Waals surface area contributed by atoms with Gasteiger partial charge in [0.15, 0.2) is 4.75 Å². The molecular weight excluding hydrogens is 386 g/mol. The predicted molar refractivity (Wildman–Crippen MR) is 108 cm³/mol. The van der Waals surface area contributed by atoms with Gasteiger partial charge in [0.05, 0.1) is 6.42 Å².